The number of thioether (sulfide) groups is 1. The van der Waals surface area contributed by atoms with E-state index in [0.29, 0.717) is 40.0 Å². The average molecular weight is 424 g/mol. The first kappa shape index (κ1) is 19.9. The lowest BCUT2D eigenvalue weighted by Crippen LogP contribution is -2.28. The molecule has 30 heavy (non-hydrogen) atoms. The molecule has 0 aliphatic carbocycles. The van der Waals surface area contributed by atoms with Gasteiger partial charge in [-0.05, 0) is 38.1 Å². The maximum Gasteiger partial charge on any atom is 0.287 e. The number of carbonyl (C=O) groups excluding carboxylic acids is 1. The minimum Gasteiger partial charge on any atom is -0.459 e. The molecule has 9 nitrogen and oxygen atoms in total. The van der Waals surface area contributed by atoms with Crippen molar-refractivity contribution in [3.05, 3.63) is 70.4 Å². The van der Waals surface area contributed by atoms with Crippen LogP contribution in [0.2, 0.25) is 0 Å². The summed E-state index contributed by atoms with van der Waals surface area (Å²) in [5, 5.41) is 12.6. The summed E-state index contributed by atoms with van der Waals surface area (Å²) in [4.78, 5) is 31.8. The zero-order chi connectivity index (χ0) is 21.1. The van der Waals surface area contributed by atoms with Crippen LogP contribution in [-0.2, 0) is 12.3 Å². The van der Waals surface area contributed by atoms with E-state index >= 15 is 0 Å². The van der Waals surface area contributed by atoms with Gasteiger partial charge in [-0.2, -0.15) is 0 Å². The first-order valence-corrected chi connectivity index (χ1v) is 10.4. The summed E-state index contributed by atoms with van der Waals surface area (Å²) in [5.41, 5.74) is 0.492. The number of rotatable bonds is 7. The van der Waals surface area contributed by atoms with E-state index in [4.69, 9.17) is 4.42 Å². The Hall–Kier alpha value is -3.40. The summed E-state index contributed by atoms with van der Waals surface area (Å²) in [5.74, 6) is 1.57. The topological polar surface area (TPSA) is 119 Å². The van der Waals surface area contributed by atoms with Crippen molar-refractivity contribution in [1.82, 2.24) is 30.0 Å². The van der Waals surface area contributed by atoms with Gasteiger partial charge in [0.15, 0.2) is 16.7 Å². The molecule has 10 heteroatoms. The molecule has 0 saturated carbocycles. The van der Waals surface area contributed by atoms with E-state index in [9.17, 15) is 9.59 Å². The van der Waals surface area contributed by atoms with Gasteiger partial charge >= 0.3 is 0 Å². The predicted molar refractivity (Wildman–Crippen MR) is 112 cm³/mol. The highest BCUT2D eigenvalue weighted by molar-refractivity contribution is 7.98. The monoisotopic (exact) mass is 424 g/mol. The summed E-state index contributed by atoms with van der Waals surface area (Å²) < 4.78 is 7.05. The molecule has 0 radical (unpaired) electrons. The fourth-order valence-electron chi connectivity index (χ4n) is 3.10. The minimum atomic E-state index is -0.358. The molecule has 1 unspecified atom stereocenters. The fourth-order valence-corrected chi connectivity index (χ4v) is 3.98. The number of aromatic amines is 1. The number of para-hydroxylation sites is 1. The van der Waals surface area contributed by atoms with Crippen LogP contribution in [0.1, 0.15) is 42.1 Å². The smallest absolute Gasteiger partial charge is 0.287 e. The zero-order valence-corrected chi connectivity index (χ0v) is 17.3. The van der Waals surface area contributed by atoms with Crippen molar-refractivity contribution < 1.29 is 9.21 Å². The second kappa shape index (κ2) is 8.54. The summed E-state index contributed by atoms with van der Waals surface area (Å²) in [6, 6.07) is 10.1. The Morgan fingerprint density at radius 2 is 2.10 bits per heavy atom. The molecule has 1 aromatic carbocycles. The van der Waals surface area contributed by atoms with Gasteiger partial charge in [-0.3, -0.25) is 9.59 Å². The van der Waals surface area contributed by atoms with Gasteiger partial charge in [0.1, 0.15) is 5.82 Å². The summed E-state index contributed by atoms with van der Waals surface area (Å²) >= 11 is 1.42. The predicted octanol–water partition coefficient (Wildman–Crippen LogP) is 2.91. The third kappa shape index (κ3) is 3.99. The summed E-state index contributed by atoms with van der Waals surface area (Å²) in [6.45, 7) is 4.45. The van der Waals surface area contributed by atoms with E-state index in [1.54, 1.807) is 18.2 Å². The molecule has 0 aliphatic rings. The maximum absolute atomic E-state index is 12.2. The molecule has 4 aromatic rings. The Morgan fingerprint density at radius 3 is 2.87 bits per heavy atom. The van der Waals surface area contributed by atoms with Crippen molar-refractivity contribution in [1.29, 1.82) is 0 Å². The highest BCUT2D eigenvalue weighted by Gasteiger charge is 2.20. The molecule has 1 atom stereocenters. The van der Waals surface area contributed by atoms with E-state index in [1.807, 2.05) is 36.6 Å². The second-order valence-corrected chi connectivity index (χ2v) is 7.52. The van der Waals surface area contributed by atoms with Gasteiger partial charge in [0.25, 0.3) is 11.5 Å². The first-order chi connectivity index (χ1) is 14.6. The molecular formula is C20H20N6O3S. The van der Waals surface area contributed by atoms with Crippen LogP contribution in [0.4, 0.5) is 0 Å². The van der Waals surface area contributed by atoms with Crippen LogP contribution in [0.3, 0.4) is 0 Å². The molecule has 0 spiro atoms. The molecule has 3 aromatic heterocycles. The number of aromatic nitrogens is 5. The Kier molecular flexibility index (Phi) is 5.66. The lowest BCUT2D eigenvalue weighted by molar-refractivity contribution is 0.0909. The van der Waals surface area contributed by atoms with Gasteiger partial charge in [0, 0.05) is 6.54 Å². The maximum atomic E-state index is 12.2. The fraction of sp³-hybridized carbons (Fsp3) is 0.250. The van der Waals surface area contributed by atoms with Crippen molar-refractivity contribution >= 4 is 28.6 Å². The SMILES string of the molecule is CCn1c(SCc2nc3ccccc3c(=O)[nH]2)nnc1C(C)NC(=O)c1ccco1. The van der Waals surface area contributed by atoms with Gasteiger partial charge in [-0.15, -0.1) is 10.2 Å². The van der Waals surface area contributed by atoms with E-state index in [0.717, 1.165) is 0 Å². The molecule has 3 heterocycles. The van der Waals surface area contributed by atoms with Crippen LogP contribution in [0.25, 0.3) is 10.9 Å². The van der Waals surface area contributed by atoms with Gasteiger partial charge < -0.3 is 19.3 Å². The van der Waals surface area contributed by atoms with Crippen molar-refractivity contribution in [3.8, 4) is 0 Å². The van der Waals surface area contributed by atoms with E-state index in [2.05, 4.69) is 25.5 Å². The Labute approximate surface area is 175 Å². The number of benzene rings is 1. The normalized spacial score (nSPS) is 12.2. The Bertz CT molecular complexity index is 1230. The van der Waals surface area contributed by atoms with E-state index in [1.165, 1.54) is 18.0 Å². The van der Waals surface area contributed by atoms with Crippen LogP contribution in [0.5, 0.6) is 0 Å². The van der Waals surface area contributed by atoms with Gasteiger partial charge in [0.05, 0.1) is 29.0 Å². The highest BCUT2D eigenvalue weighted by Crippen LogP contribution is 2.23. The molecule has 0 saturated heterocycles. The third-order valence-corrected chi connectivity index (χ3v) is 5.52. The molecular weight excluding hydrogens is 404 g/mol. The quantitative estimate of drug-likeness (QED) is 0.438. The molecule has 1 amide bonds. The standard InChI is InChI=1S/C20H20N6O3S/c1-3-26-17(12(2)21-19(28)15-9-6-10-29-15)24-25-20(26)30-11-16-22-14-8-5-4-7-13(14)18(27)23-16/h4-10,12H,3,11H2,1-2H3,(H,21,28)(H,22,23,27). The molecule has 0 fully saturated rings. The number of furan rings is 1. The lowest BCUT2D eigenvalue weighted by Gasteiger charge is -2.14. The number of carbonyl (C=O) groups is 1. The van der Waals surface area contributed by atoms with E-state index < -0.39 is 0 Å². The molecule has 2 N–H and O–H groups in total. The van der Waals surface area contributed by atoms with Gasteiger partial charge in [-0.25, -0.2) is 4.98 Å². The van der Waals surface area contributed by atoms with Crippen molar-refractivity contribution in [3.63, 3.8) is 0 Å². The van der Waals surface area contributed by atoms with Gasteiger partial charge in [-0.1, -0.05) is 23.9 Å². The molecule has 0 aliphatic heterocycles. The Morgan fingerprint density at radius 1 is 1.27 bits per heavy atom. The minimum absolute atomic E-state index is 0.164. The number of nitrogens with one attached hydrogen (secondary N) is 2. The highest BCUT2D eigenvalue weighted by atomic mass is 32.2. The summed E-state index contributed by atoms with van der Waals surface area (Å²) in [7, 11) is 0. The average Bonchev–Trinajstić information content (AvgIpc) is 3.42. The zero-order valence-electron chi connectivity index (χ0n) is 16.5. The first-order valence-electron chi connectivity index (χ1n) is 9.45. The van der Waals surface area contributed by atoms with Gasteiger partial charge in [0.2, 0.25) is 0 Å². The number of hydrogen-bond donors (Lipinski definition) is 2. The number of nitrogens with zero attached hydrogens (tertiary/aromatic N) is 4. The number of fused-ring (bicyclic) bond motifs is 1. The van der Waals surface area contributed by atoms with Crippen molar-refractivity contribution in [2.75, 3.05) is 0 Å². The number of amides is 1. The number of H-pyrrole nitrogens is 1. The van der Waals surface area contributed by atoms with Crippen LogP contribution in [0, 0.1) is 0 Å². The van der Waals surface area contributed by atoms with Crippen molar-refractivity contribution in [2.24, 2.45) is 0 Å². The number of hydrogen-bond acceptors (Lipinski definition) is 7. The second-order valence-electron chi connectivity index (χ2n) is 6.58. The lowest BCUT2D eigenvalue weighted by atomic mass is 10.2. The van der Waals surface area contributed by atoms with E-state index in [-0.39, 0.29) is 23.3 Å². The van der Waals surface area contributed by atoms with Crippen LogP contribution < -0.4 is 10.9 Å². The molecule has 154 valence electrons. The van der Waals surface area contributed by atoms with Crippen molar-refractivity contribution in [2.45, 2.75) is 37.3 Å². The Balaban J connectivity index is 1.50. The summed E-state index contributed by atoms with van der Waals surface area (Å²) in [6.07, 6.45) is 1.45. The molecule has 4 rings (SSSR count). The largest absolute Gasteiger partial charge is 0.459 e. The van der Waals surface area contributed by atoms with Crippen LogP contribution in [0.15, 0.2) is 57.0 Å². The molecule has 0 bridgehead atoms. The third-order valence-electron chi connectivity index (χ3n) is 4.54. The van der Waals surface area contributed by atoms with Crippen LogP contribution >= 0.6 is 11.8 Å². The van der Waals surface area contributed by atoms with Crippen LogP contribution in [-0.4, -0.2) is 30.6 Å².